The van der Waals surface area contributed by atoms with Crippen LogP contribution in [0, 0.1) is 0 Å². The van der Waals surface area contributed by atoms with Crippen LogP contribution in [0.15, 0.2) is 54.7 Å². The summed E-state index contributed by atoms with van der Waals surface area (Å²) in [5, 5.41) is 1.69. The van der Waals surface area contributed by atoms with Crippen molar-refractivity contribution in [1.29, 1.82) is 0 Å². The van der Waals surface area contributed by atoms with Crippen molar-refractivity contribution in [3.05, 3.63) is 70.9 Å². The Morgan fingerprint density at radius 1 is 1.09 bits per heavy atom. The topological polar surface area (TPSA) is 62.0 Å². The van der Waals surface area contributed by atoms with Gasteiger partial charge in [-0.2, -0.15) is 0 Å². The van der Waals surface area contributed by atoms with E-state index in [1.807, 2.05) is 54.7 Å². The van der Waals surface area contributed by atoms with E-state index in [-0.39, 0.29) is 12.5 Å². The number of benzene rings is 2. The predicted molar refractivity (Wildman–Crippen MR) is 94.4 cm³/mol. The number of aromatic amines is 1. The molecule has 0 aliphatic carbocycles. The molecule has 4 nitrogen and oxygen atoms in total. The second-order valence-electron chi connectivity index (χ2n) is 5.48. The second-order valence-corrected chi connectivity index (χ2v) is 7.72. The number of H-pyrrole nitrogens is 1. The van der Waals surface area contributed by atoms with Crippen molar-refractivity contribution < 1.29 is 8.42 Å². The molecule has 0 aliphatic rings. The Morgan fingerprint density at radius 2 is 1.78 bits per heavy atom. The minimum absolute atomic E-state index is 0.172. The molecule has 6 heteroatoms. The number of sulfonamides is 1. The lowest BCUT2D eigenvalue weighted by atomic mass is 9.91. The summed E-state index contributed by atoms with van der Waals surface area (Å²) >= 11 is 6.35. The summed E-state index contributed by atoms with van der Waals surface area (Å²) in [6.07, 6.45) is 3.08. The molecule has 1 unspecified atom stereocenters. The van der Waals surface area contributed by atoms with Gasteiger partial charge in [-0.3, -0.25) is 0 Å². The van der Waals surface area contributed by atoms with Crippen LogP contribution in [0.25, 0.3) is 10.9 Å². The van der Waals surface area contributed by atoms with Gasteiger partial charge in [-0.1, -0.05) is 48.0 Å². The smallest absolute Gasteiger partial charge is 0.208 e. The van der Waals surface area contributed by atoms with Gasteiger partial charge in [-0.05, 0) is 23.3 Å². The van der Waals surface area contributed by atoms with Crippen LogP contribution in [0.4, 0.5) is 0 Å². The second kappa shape index (κ2) is 6.35. The van der Waals surface area contributed by atoms with Crippen molar-refractivity contribution in [3.63, 3.8) is 0 Å². The quantitative estimate of drug-likeness (QED) is 0.741. The maximum Gasteiger partial charge on any atom is 0.208 e. The third kappa shape index (κ3) is 3.58. The predicted octanol–water partition coefficient (Wildman–Crippen LogP) is 3.50. The molecule has 23 heavy (non-hydrogen) atoms. The zero-order valence-corrected chi connectivity index (χ0v) is 14.2. The summed E-state index contributed by atoms with van der Waals surface area (Å²) in [7, 11) is -3.29. The summed E-state index contributed by atoms with van der Waals surface area (Å²) in [6, 6.07) is 15.5. The fourth-order valence-electron chi connectivity index (χ4n) is 2.76. The summed E-state index contributed by atoms with van der Waals surface area (Å²) in [4.78, 5) is 3.23. The molecule has 0 radical (unpaired) electrons. The monoisotopic (exact) mass is 348 g/mol. The summed E-state index contributed by atoms with van der Waals surface area (Å²) < 4.78 is 25.7. The van der Waals surface area contributed by atoms with Crippen molar-refractivity contribution in [1.82, 2.24) is 9.71 Å². The Bertz CT molecular complexity index is 934. The first kappa shape index (κ1) is 16.1. The van der Waals surface area contributed by atoms with Gasteiger partial charge >= 0.3 is 0 Å². The van der Waals surface area contributed by atoms with E-state index in [0.29, 0.717) is 5.02 Å². The number of hydrogen-bond acceptors (Lipinski definition) is 2. The van der Waals surface area contributed by atoms with E-state index in [0.717, 1.165) is 28.3 Å². The maximum absolute atomic E-state index is 11.5. The van der Waals surface area contributed by atoms with Crippen LogP contribution in [0.1, 0.15) is 17.0 Å². The lowest BCUT2D eigenvalue weighted by molar-refractivity contribution is 0.584. The molecule has 2 N–H and O–H groups in total. The van der Waals surface area contributed by atoms with Crippen molar-refractivity contribution in [2.75, 3.05) is 12.8 Å². The highest BCUT2D eigenvalue weighted by Crippen LogP contribution is 2.34. The molecule has 0 bridgehead atoms. The first-order valence-electron chi connectivity index (χ1n) is 7.21. The van der Waals surface area contributed by atoms with Gasteiger partial charge in [0.15, 0.2) is 0 Å². The van der Waals surface area contributed by atoms with Crippen LogP contribution in [-0.2, 0) is 10.0 Å². The summed E-state index contributed by atoms with van der Waals surface area (Å²) in [5.74, 6) is -0.172. The van der Waals surface area contributed by atoms with E-state index in [2.05, 4.69) is 9.71 Å². The largest absolute Gasteiger partial charge is 0.361 e. The highest BCUT2D eigenvalue weighted by atomic mass is 35.5. The van der Waals surface area contributed by atoms with Crippen molar-refractivity contribution in [2.45, 2.75) is 5.92 Å². The molecular weight excluding hydrogens is 332 g/mol. The molecule has 2 aromatic carbocycles. The number of rotatable bonds is 5. The Labute approximate surface area is 140 Å². The first-order valence-corrected chi connectivity index (χ1v) is 9.48. The molecule has 0 saturated heterocycles. The van der Waals surface area contributed by atoms with Gasteiger partial charge in [0.1, 0.15) is 0 Å². The fourth-order valence-corrected chi connectivity index (χ4v) is 3.50. The summed E-state index contributed by atoms with van der Waals surface area (Å²) in [6.45, 7) is 0.254. The van der Waals surface area contributed by atoms with Crippen LogP contribution < -0.4 is 4.72 Å². The van der Waals surface area contributed by atoms with Gasteiger partial charge in [0.05, 0.1) is 6.26 Å². The Morgan fingerprint density at radius 3 is 2.52 bits per heavy atom. The van der Waals surface area contributed by atoms with Gasteiger partial charge < -0.3 is 4.98 Å². The fraction of sp³-hybridized carbons (Fsp3) is 0.176. The van der Waals surface area contributed by atoms with Crippen LogP contribution >= 0.6 is 11.6 Å². The molecular formula is C17H17ClN2O2S. The first-order chi connectivity index (χ1) is 11.0. The van der Waals surface area contributed by atoms with Crippen LogP contribution in [0.3, 0.4) is 0 Å². The highest BCUT2D eigenvalue weighted by molar-refractivity contribution is 7.88. The number of para-hydroxylation sites is 1. The van der Waals surface area contributed by atoms with E-state index >= 15 is 0 Å². The Hall–Kier alpha value is -1.82. The number of nitrogens with one attached hydrogen (secondary N) is 2. The van der Waals surface area contributed by atoms with E-state index in [1.54, 1.807) is 0 Å². The molecule has 0 aliphatic heterocycles. The standard InChI is InChI=1S/C17H17ClN2O2S/c1-23(21,22)20-11-15(12-6-2-4-8-16(12)18)14-10-19-17-9-5-3-7-13(14)17/h2-10,15,19-20H,11H2,1H3. The molecule has 1 aromatic heterocycles. The third-order valence-electron chi connectivity index (χ3n) is 3.83. The normalized spacial score (nSPS) is 13.3. The zero-order valence-electron chi connectivity index (χ0n) is 12.6. The lowest BCUT2D eigenvalue weighted by Crippen LogP contribution is -2.28. The summed E-state index contributed by atoms with van der Waals surface area (Å²) in [5.41, 5.74) is 2.93. The van der Waals surface area contributed by atoms with E-state index in [9.17, 15) is 8.42 Å². The van der Waals surface area contributed by atoms with E-state index < -0.39 is 10.0 Å². The van der Waals surface area contributed by atoms with Crippen LogP contribution in [0.5, 0.6) is 0 Å². The highest BCUT2D eigenvalue weighted by Gasteiger charge is 2.21. The van der Waals surface area contributed by atoms with Crippen molar-refractivity contribution in [2.24, 2.45) is 0 Å². The van der Waals surface area contributed by atoms with Crippen molar-refractivity contribution >= 4 is 32.5 Å². The Balaban J connectivity index is 2.10. The van der Waals surface area contributed by atoms with Gasteiger partial charge in [-0.15, -0.1) is 0 Å². The average Bonchev–Trinajstić information content (AvgIpc) is 2.92. The lowest BCUT2D eigenvalue weighted by Gasteiger charge is -2.18. The minimum atomic E-state index is -3.29. The average molecular weight is 349 g/mol. The molecule has 120 valence electrons. The maximum atomic E-state index is 11.5. The number of hydrogen-bond donors (Lipinski definition) is 2. The van der Waals surface area contributed by atoms with E-state index in [4.69, 9.17) is 11.6 Å². The molecule has 3 rings (SSSR count). The number of fused-ring (bicyclic) bond motifs is 1. The molecule has 0 amide bonds. The number of aromatic nitrogens is 1. The third-order valence-corrected chi connectivity index (χ3v) is 4.86. The molecule has 0 fully saturated rings. The molecule has 0 saturated carbocycles. The van der Waals surface area contributed by atoms with Gasteiger partial charge in [0, 0.05) is 34.6 Å². The molecule has 0 spiro atoms. The minimum Gasteiger partial charge on any atom is -0.361 e. The SMILES string of the molecule is CS(=O)(=O)NCC(c1ccccc1Cl)c1c[nH]c2ccccc12. The zero-order chi connectivity index (χ0) is 16.4. The van der Waals surface area contributed by atoms with Gasteiger partial charge in [0.25, 0.3) is 0 Å². The molecule has 1 atom stereocenters. The molecule has 3 aromatic rings. The van der Waals surface area contributed by atoms with E-state index in [1.165, 1.54) is 0 Å². The van der Waals surface area contributed by atoms with Crippen molar-refractivity contribution in [3.8, 4) is 0 Å². The number of halogens is 1. The van der Waals surface area contributed by atoms with Crippen LogP contribution in [0.2, 0.25) is 5.02 Å². The Kier molecular flexibility index (Phi) is 4.43. The molecule has 1 heterocycles. The van der Waals surface area contributed by atoms with Crippen LogP contribution in [-0.4, -0.2) is 26.2 Å². The van der Waals surface area contributed by atoms with Gasteiger partial charge in [-0.25, -0.2) is 13.1 Å². The van der Waals surface area contributed by atoms with Gasteiger partial charge in [0.2, 0.25) is 10.0 Å².